The minimum atomic E-state index is 0.328. The Morgan fingerprint density at radius 3 is 2.61 bits per heavy atom. The molecule has 0 spiro atoms. The molecule has 2 N–H and O–H groups in total. The van der Waals surface area contributed by atoms with Gasteiger partial charge < -0.3 is 15.3 Å². The second-order valence-corrected chi connectivity index (χ2v) is 6.84. The van der Waals surface area contributed by atoms with Crippen molar-refractivity contribution in [2.75, 3.05) is 44.3 Å². The fourth-order valence-electron chi connectivity index (χ4n) is 2.44. The normalized spacial score (nSPS) is 18.7. The maximum atomic E-state index is 8.68. The van der Waals surface area contributed by atoms with E-state index in [0.717, 1.165) is 30.7 Å². The van der Waals surface area contributed by atoms with E-state index in [1.807, 2.05) is 11.8 Å². The Bertz CT molecular complexity index is 194. The topological polar surface area (TPSA) is 35.5 Å². The maximum Gasteiger partial charge on any atom is 0.0438 e. The van der Waals surface area contributed by atoms with Gasteiger partial charge in [0.1, 0.15) is 0 Å². The highest BCUT2D eigenvalue weighted by Crippen LogP contribution is 2.12. The largest absolute Gasteiger partial charge is 0.396 e. The molecule has 0 amide bonds. The quantitative estimate of drug-likeness (QED) is 0.629. The van der Waals surface area contributed by atoms with Crippen molar-refractivity contribution in [1.29, 1.82) is 0 Å². The van der Waals surface area contributed by atoms with Crippen LogP contribution in [0.15, 0.2) is 0 Å². The summed E-state index contributed by atoms with van der Waals surface area (Å²) in [6.07, 6.45) is 3.53. The van der Waals surface area contributed by atoms with E-state index in [-0.39, 0.29) is 0 Å². The minimum Gasteiger partial charge on any atom is -0.396 e. The Morgan fingerprint density at radius 2 is 2.00 bits per heavy atom. The molecule has 0 bridgehead atoms. The third-order valence-electron chi connectivity index (χ3n) is 3.34. The summed E-state index contributed by atoms with van der Waals surface area (Å²) in [7, 11) is 0. The minimum absolute atomic E-state index is 0.328. The fraction of sp³-hybridized carbons (Fsp3) is 1.00. The van der Waals surface area contributed by atoms with Crippen molar-refractivity contribution in [3.05, 3.63) is 0 Å². The summed E-state index contributed by atoms with van der Waals surface area (Å²) in [5.41, 5.74) is 0. The SMILES string of the molecule is CC(C)CN1CCC(NCCSCCCO)CC1. The molecule has 0 saturated carbocycles. The van der Waals surface area contributed by atoms with Gasteiger partial charge in [0.2, 0.25) is 0 Å². The molecule has 0 aromatic carbocycles. The van der Waals surface area contributed by atoms with Crippen LogP contribution in [-0.2, 0) is 0 Å². The van der Waals surface area contributed by atoms with Crippen molar-refractivity contribution in [2.45, 2.75) is 39.2 Å². The molecule has 1 rings (SSSR count). The van der Waals surface area contributed by atoms with Gasteiger partial charge in [0, 0.05) is 31.5 Å². The summed E-state index contributed by atoms with van der Waals surface area (Å²) in [5, 5.41) is 12.3. The van der Waals surface area contributed by atoms with Crippen LogP contribution in [0.5, 0.6) is 0 Å². The van der Waals surface area contributed by atoms with Gasteiger partial charge in [0.15, 0.2) is 0 Å². The van der Waals surface area contributed by atoms with E-state index in [4.69, 9.17) is 5.11 Å². The zero-order valence-electron chi connectivity index (χ0n) is 12.0. The molecular formula is C14H30N2OS. The van der Waals surface area contributed by atoms with Gasteiger partial charge in [-0.2, -0.15) is 11.8 Å². The molecular weight excluding hydrogens is 244 g/mol. The van der Waals surface area contributed by atoms with Crippen LogP contribution in [-0.4, -0.2) is 60.3 Å². The summed E-state index contributed by atoms with van der Waals surface area (Å²) < 4.78 is 0. The molecule has 18 heavy (non-hydrogen) atoms. The molecule has 0 aromatic rings. The number of aliphatic hydroxyl groups excluding tert-OH is 1. The number of nitrogens with zero attached hydrogens (tertiary/aromatic N) is 1. The number of rotatable bonds is 9. The molecule has 1 fully saturated rings. The second kappa shape index (κ2) is 10.1. The first-order chi connectivity index (χ1) is 8.72. The van der Waals surface area contributed by atoms with Crippen molar-refractivity contribution in [1.82, 2.24) is 10.2 Å². The van der Waals surface area contributed by atoms with Gasteiger partial charge in [-0.25, -0.2) is 0 Å². The lowest BCUT2D eigenvalue weighted by Crippen LogP contribution is -2.44. The lowest BCUT2D eigenvalue weighted by atomic mass is 10.0. The molecule has 1 aliphatic rings. The van der Waals surface area contributed by atoms with Crippen LogP contribution in [0.3, 0.4) is 0 Å². The van der Waals surface area contributed by atoms with Gasteiger partial charge in [0.25, 0.3) is 0 Å². The first kappa shape index (κ1) is 16.3. The zero-order valence-corrected chi connectivity index (χ0v) is 12.8. The maximum absolute atomic E-state index is 8.68. The van der Waals surface area contributed by atoms with E-state index in [1.54, 1.807) is 0 Å². The summed E-state index contributed by atoms with van der Waals surface area (Å²) >= 11 is 1.94. The number of likely N-dealkylation sites (tertiary alicyclic amines) is 1. The third-order valence-corrected chi connectivity index (χ3v) is 4.41. The van der Waals surface area contributed by atoms with Crippen LogP contribution < -0.4 is 5.32 Å². The highest BCUT2D eigenvalue weighted by Gasteiger charge is 2.18. The number of hydrogen-bond donors (Lipinski definition) is 2. The van der Waals surface area contributed by atoms with E-state index in [1.165, 1.54) is 38.2 Å². The van der Waals surface area contributed by atoms with Gasteiger partial charge in [-0.05, 0) is 44.0 Å². The average Bonchev–Trinajstić information content (AvgIpc) is 2.35. The van der Waals surface area contributed by atoms with E-state index in [2.05, 4.69) is 24.1 Å². The van der Waals surface area contributed by atoms with Crippen LogP contribution in [0.2, 0.25) is 0 Å². The molecule has 0 aliphatic carbocycles. The molecule has 0 atom stereocenters. The number of nitrogens with one attached hydrogen (secondary N) is 1. The Balaban J connectivity index is 1.95. The molecule has 3 nitrogen and oxygen atoms in total. The fourth-order valence-corrected chi connectivity index (χ4v) is 3.24. The van der Waals surface area contributed by atoms with E-state index in [9.17, 15) is 0 Å². The predicted octanol–water partition coefficient (Wildman–Crippen LogP) is 1.81. The average molecular weight is 274 g/mol. The van der Waals surface area contributed by atoms with E-state index < -0.39 is 0 Å². The van der Waals surface area contributed by atoms with Crippen molar-refractivity contribution < 1.29 is 5.11 Å². The number of aliphatic hydroxyl groups is 1. The lowest BCUT2D eigenvalue weighted by Gasteiger charge is -2.33. The van der Waals surface area contributed by atoms with Crippen LogP contribution >= 0.6 is 11.8 Å². The molecule has 0 radical (unpaired) electrons. The Hall–Kier alpha value is 0.230. The van der Waals surface area contributed by atoms with Crippen LogP contribution in [0.1, 0.15) is 33.1 Å². The first-order valence-corrected chi connectivity index (χ1v) is 8.52. The standard InChI is InChI=1S/C14H30N2OS/c1-13(2)12-16-7-4-14(5-8-16)15-6-11-18-10-3-9-17/h13-15,17H,3-12H2,1-2H3. The van der Waals surface area contributed by atoms with Gasteiger partial charge >= 0.3 is 0 Å². The van der Waals surface area contributed by atoms with Crippen LogP contribution in [0.25, 0.3) is 0 Å². The molecule has 1 heterocycles. The summed E-state index contributed by atoms with van der Waals surface area (Å²) in [5.74, 6) is 3.05. The van der Waals surface area contributed by atoms with Crippen molar-refractivity contribution in [3.8, 4) is 0 Å². The Morgan fingerprint density at radius 1 is 1.28 bits per heavy atom. The number of piperidine rings is 1. The molecule has 1 aliphatic heterocycles. The van der Waals surface area contributed by atoms with Crippen LogP contribution in [0.4, 0.5) is 0 Å². The number of thioether (sulfide) groups is 1. The Kier molecular flexibility index (Phi) is 9.11. The smallest absolute Gasteiger partial charge is 0.0438 e. The van der Waals surface area contributed by atoms with E-state index in [0.29, 0.717) is 6.61 Å². The zero-order chi connectivity index (χ0) is 13.2. The molecule has 1 saturated heterocycles. The van der Waals surface area contributed by atoms with Crippen molar-refractivity contribution in [3.63, 3.8) is 0 Å². The van der Waals surface area contributed by atoms with Crippen molar-refractivity contribution >= 4 is 11.8 Å². The Labute approximate surface area is 117 Å². The first-order valence-electron chi connectivity index (χ1n) is 7.36. The van der Waals surface area contributed by atoms with Gasteiger partial charge in [-0.3, -0.25) is 0 Å². The molecule has 108 valence electrons. The molecule has 0 unspecified atom stereocenters. The number of hydrogen-bond acceptors (Lipinski definition) is 4. The monoisotopic (exact) mass is 274 g/mol. The van der Waals surface area contributed by atoms with Gasteiger partial charge in [-0.15, -0.1) is 0 Å². The van der Waals surface area contributed by atoms with Gasteiger partial charge in [-0.1, -0.05) is 13.8 Å². The second-order valence-electron chi connectivity index (χ2n) is 5.61. The van der Waals surface area contributed by atoms with Gasteiger partial charge in [0.05, 0.1) is 0 Å². The predicted molar refractivity (Wildman–Crippen MR) is 81.3 cm³/mol. The lowest BCUT2D eigenvalue weighted by molar-refractivity contribution is 0.181. The highest BCUT2D eigenvalue weighted by atomic mass is 32.2. The van der Waals surface area contributed by atoms with Crippen molar-refractivity contribution in [2.24, 2.45) is 5.92 Å². The summed E-state index contributed by atoms with van der Waals surface area (Å²) in [4.78, 5) is 2.60. The van der Waals surface area contributed by atoms with Crippen LogP contribution in [0, 0.1) is 5.92 Å². The molecule has 4 heteroatoms. The summed E-state index contributed by atoms with van der Waals surface area (Å²) in [6.45, 7) is 9.81. The summed E-state index contributed by atoms with van der Waals surface area (Å²) in [6, 6.07) is 0.729. The third kappa shape index (κ3) is 7.62. The highest BCUT2D eigenvalue weighted by molar-refractivity contribution is 7.99. The molecule has 0 aromatic heterocycles. The van der Waals surface area contributed by atoms with E-state index >= 15 is 0 Å².